The van der Waals surface area contributed by atoms with Crippen molar-refractivity contribution in [3.63, 3.8) is 0 Å². The fourth-order valence-corrected chi connectivity index (χ4v) is 3.19. The van der Waals surface area contributed by atoms with Crippen LogP contribution in [-0.4, -0.2) is 20.6 Å². The van der Waals surface area contributed by atoms with Gasteiger partial charge in [0.1, 0.15) is 0 Å². The van der Waals surface area contributed by atoms with Crippen molar-refractivity contribution in [1.29, 1.82) is 0 Å². The van der Waals surface area contributed by atoms with Gasteiger partial charge in [-0.05, 0) is 42.5 Å². The van der Waals surface area contributed by atoms with E-state index in [0.717, 1.165) is 15.7 Å². The van der Waals surface area contributed by atoms with Crippen LogP contribution >= 0.6 is 15.9 Å². The third-order valence-electron chi connectivity index (χ3n) is 4.04. The van der Waals surface area contributed by atoms with Crippen molar-refractivity contribution >= 4 is 32.8 Å². The lowest BCUT2D eigenvalue weighted by atomic mass is 10.1. The minimum atomic E-state index is -0.964. The van der Waals surface area contributed by atoms with Crippen LogP contribution in [0.2, 0.25) is 0 Å². The van der Waals surface area contributed by atoms with Gasteiger partial charge >= 0.3 is 5.97 Å². The molecule has 4 nitrogen and oxygen atoms in total. The van der Waals surface area contributed by atoms with Crippen LogP contribution in [0.3, 0.4) is 0 Å². The van der Waals surface area contributed by atoms with Crippen molar-refractivity contribution in [3.8, 4) is 16.9 Å². The van der Waals surface area contributed by atoms with Gasteiger partial charge < -0.3 is 9.67 Å². The Morgan fingerprint density at radius 2 is 1.84 bits per heavy atom. The second kappa shape index (κ2) is 6.18. The lowest BCUT2D eigenvalue weighted by molar-refractivity contribution is 0.0699. The van der Waals surface area contributed by atoms with Gasteiger partial charge in [-0.3, -0.25) is 0 Å². The first kappa shape index (κ1) is 15.6. The van der Waals surface area contributed by atoms with E-state index in [-0.39, 0.29) is 5.56 Å². The highest BCUT2D eigenvalue weighted by molar-refractivity contribution is 9.10. The number of fused-ring (bicyclic) bond motifs is 1. The smallest absolute Gasteiger partial charge is 0.336 e. The zero-order valence-corrected chi connectivity index (χ0v) is 14.6. The number of carbonyl (C=O) groups is 1. The fourth-order valence-electron chi connectivity index (χ4n) is 2.83. The maximum absolute atomic E-state index is 11.7. The molecule has 0 spiro atoms. The molecule has 0 radical (unpaired) electrons. The van der Waals surface area contributed by atoms with E-state index in [4.69, 9.17) is 0 Å². The highest BCUT2D eigenvalue weighted by atomic mass is 79.9. The molecule has 25 heavy (non-hydrogen) atoms. The van der Waals surface area contributed by atoms with Crippen LogP contribution in [0.25, 0.3) is 27.8 Å². The summed E-state index contributed by atoms with van der Waals surface area (Å²) < 4.78 is 2.82. The van der Waals surface area contributed by atoms with Crippen LogP contribution in [0.4, 0.5) is 0 Å². The molecular weight excluding hydrogens is 380 g/mol. The topological polar surface area (TPSA) is 55.1 Å². The van der Waals surface area contributed by atoms with Crippen LogP contribution in [0.15, 0.2) is 77.5 Å². The van der Waals surface area contributed by atoms with Gasteiger partial charge in [0.25, 0.3) is 0 Å². The van der Waals surface area contributed by atoms with E-state index >= 15 is 0 Å². The maximum Gasteiger partial charge on any atom is 0.336 e. The predicted octanol–water partition coefficient (Wildman–Crippen LogP) is 5.15. The van der Waals surface area contributed by atoms with Crippen LogP contribution in [-0.2, 0) is 0 Å². The molecule has 0 atom stereocenters. The second-order valence-electron chi connectivity index (χ2n) is 5.66. The maximum atomic E-state index is 11.7. The average molecular weight is 393 g/mol. The Kier molecular flexibility index (Phi) is 3.86. The predicted molar refractivity (Wildman–Crippen MR) is 101 cm³/mol. The van der Waals surface area contributed by atoms with E-state index in [2.05, 4.69) is 20.9 Å². The number of halogens is 1. The second-order valence-corrected chi connectivity index (χ2v) is 6.58. The van der Waals surface area contributed by atoms with Gasteiger partial charge in [-0.15, -0.1) is 0 Å². The molecule has 2 aromatic heterocycles. The largest absolute Gasteiger partial charge is 0.478 e. The number of aromatic carboxylic acids is 1. The summed E-state index contributed by atoms with van der Waals surface area (Å²) in [4.78, 5) is 16.3. The summed E-state index contributed by atoms with van der Waals surface area (Å²) in [6, 6.07) is 19.0. The standard InChI is InChI=1S/C20H13BrN2O2/c21-14-6-7-18-16(10-14)17(20(24)25)11-19(22-18)13-8-9-23(12-13)15-4-2-1-3-5-15/h1-12H,(H,24,25). The molecule has 0 amide bonds. The molecular formula is C20H13BrN2O2. The van der Waals surface area contributed by atoms with E-state index in [1.54, 1.807) is 12.1 Å². The number of carboxylic acid groups (broad SMARTS) is 1. The number of carboxylic acids is 1. The Bertz CT molecular complexity index is 1090. The van der Waals surface area contributed by atoms with Crippen molar-refractivity contribution in [1.82, 2.24) is 9.55 Å². The number of pyridine rings is 1. The molecule has 0 aliphatic heterocycles. The molecule has 0 fully saturated rings. The number of hydrogen-bond donors (Lipinski definition) is 1. The molecule has 1 N–H and O–H groups in total. The van der Waals surface area contributed by atoms with Crippen LogP contribution in [0.5, 0.6) is 0 Å². The Morgan fingerprint density at radius 1 is 1.04 bits per heavy atom. The Morgan fingerprint density at radius 3 is 2.60 bits per heavy atom. The molecule has 2 heterocycles. The molecule has 0 aliphatic carbocycles. The van der Waals surface area contributed by atoms with Crippen molar-refractivity contribution < 1.29 is 9.90 Å². The number of nitrogens with zero attached hydrogens (tertiary/aromatic N) is 2. The lowest BCUT2D eigenvalue weighted by Crippen LogP contribution is -2.00. The SMILES string of the molecule is O=C(O)c1cc(-c2ccn(-c3ccccc3)c2)nc2ccc(Br)cc12. The van der Waals surface area contributed by atoms with Crippen molar-refractivity contribution in [2.24, 2.45) is 0 Å². The first-order valence-corrected chi connectivity index (χ1v) is 8.48. The molecule has 0 bridgehead atoms. The minimum absolute atomic E-state index is 0.244. The van der Waals surface area contributed by atoms with E-state index in [1.807, 2.05) is 65.5 Å². The van der Waals surface area contributed by atoms with Crippen molar-refractivity contribution in [2.45, 2.75) is 0 Å². The third-order valence-corrected chi connectivity index (χ3v) is 4.54. The zero-order chi connectivity index (χ0) is 17.4. The van der Waals surface area contributed by atoms with E-state index in [0.29, 0.717) is 16.6 Å². The van der Waals surface area contributed by atoms with Crippen molar-refractivity contribution in [3.05, 3.63) is 83.1 Å². The fraction of sp³-hybridized carbons (Fsp3) is 0. The molecule has 5 heteroatoms. The molecule has 0 saturated carbocycles. The molecule has 0 aliphatic rings. The number of hydrogen-bond acceptors (Lipinski definition) is 2. The van der Waals surface area contributed by atoms with Crippen LogP contribution in [0.1, 0.15) is 10.4 Å². The van der Waals surface area contributed by atoms with E-state index in [1.165, 1.54) is 0 Å². The Balaban J connectivity index is 1.86. The monoisotopic (exact) mass is 392 g/mol. The number of aromatic nitrogens is 2. The first-order chi connectivity index (χ1) is 12.1. The number of rotatable bonds is 3. The van der Waals surface area contributed by atoms with E-state index < -0.39 is 5.97 Å². The zero-order valence-electron chi connectivity index (χ0n) is 13.1. The normalized spacial score (nSPS) is 10.9. The quantitative estimate of drug-likeness (QED) is 0.524. The molecule has 2 aromatic carbocycles. The molecule has 0 unspecified atom stereocenters. The summed E-state index contributed by atoms with van der Waals surface area (Å²) in [5.74, 6) is -0.964. The Labute approximate surface area is 152 Å². The van der Waals surface area contributed by atoms with Gasteiger partial charge in [0, 0.05) is 33.5 Å². The average Bonchev–Trinajstić information content (AvgIpc) is 3.11. The first-order valence-electron chi connectivity index (χ1n) is 7.69. The molecule has 122 valence electrons. The van der Waals surface area contributed by atoms with Gasteiger partial charge in [0.15, 0.2) is 0 Å². The third kappa shape index (κ3) is 2.94. The van der Waals surface area contributed by atoms with Gasteiger partial charge in [-0.2, -0.15) is 0 Å². The summed E-state index contributed by atoms with van der Waals surface area (Å²) in [6.07, 6.45) is 3.90. The summed E-state index contributed by atoms with van der Waals surface area (Å²) in [6.45, 7) is 0. The highest BCUT2D eigenvalue weighted by Crippen LogP contribution is 2.28. The van der Waals surface area contributed by atoms with Gasteiger partial charge in [0.2, 0.25) is 0 Å². The highest BCUT2D eigenvalue weighted by Gasteiger charge is 2.14. The Hall–Kier alpha value is -2.92. The van der Waals surface area contributed by atoms with E-state index in [9.17, 15) is 9.90 Å². The summed E-state index contributed by atoms with van der Waals surface area (Å²) in [5.41, 5.74) is 3.45. The van der Waals surface area contributed by atoms with Crippen LogP contribution in [0, 0.1) is 0 Å². The summed E-state index contributed by atoms with van der Waals surface area (Å²) in [7, 11) is 0. The molecule has 0 saturated heterocycles. The lowest BCUT2D eigenvalue weighted by Gasteiger charge is -2.07. The van der Waals surface area contributed by atoms with Crippen molar-refractivity contribution in [2.75, 3.05) is 0 Å². The number of benzene rings is 2. The van der Waals surface area contributed by atoms with Gasteiger partial charge in [0.05, 0.1) is 16.8 Å². The van der Waals surface area contributed by atoms with Gasteiger partial charge in [-0.1, -0.05) is 34.1 Å². The van der Waals surface area contributed by atoms with Gasteiger partial charge in [-0.25, -0.2) is 9.78 Å². The minimum Gasteiger partial charge on any atom is -0.478 e. The summed E-state index contributed by atoms with van der Waals surface area (Å²) in [5, 5.41) is 10.2. The van der Waals surface area contributed by atoms with Crippen LogP contribution < -0.4 is 0 Å². The molecule has 4 aromatic rings. The number of para-hydroxylation sites is 1. The molecule has 4 rings (SSSR count). The summed E-state index contributed by atoms with van der Waals surface area (Å²) >= 11 is 3.38.